The summed E-state index contributed by atoms with van der Waals surface area (Å²) in [7, 11) is 0. The van der Waals surface area contributed by atoms with Gasteiger partial charge in [-0.3, -0.25) is 14.4 Å². The number of ether oxygens (including phenoxy) is 1. The molecule has 3 heterocycles. The van der Waals surface area contributed by atoms with Gasteiger partial charge in [0.2, 0.25) is 11.8 Å². The van der Waals surface area contributed by atoms with E-state index in [1.807, 2.05) is 69.3 Å². The number of hydrogen-bond donors (Lipinski definition) is 1. The number of aryl methyl sites for hydroxylation is 2. The van der Waals surface area contributed by atoms with Crippen molar-refractivity contribution in [3.05, 3.63) is 90.5 Å². The maximum atomic E-state index is 15.1. The predicted octanol–water partition coefficient (Wildman–Crippen LogP) is 4.60. The van der Waals surface area contributed by atoms with E-state index in [9.17, 15) is 14.7 Å². The summed E-state index contributed by atoms with van der Waals surface area (Å²) in [6.45, 7) is 14.4. The fourth-order valence-corrected chi connectivity index (χ4v) is 8.62. The molecule has 0 aliphatic carbocycles. The number of carbonyl (C=O) groups is 3. The van der Waals surface area contributed by atoms with Crippen LogP contribution < -0.4 is 4.90 Å². The number of amides is 3. The molecule has 0 aromatic heterocycles. The van der Waals surface area contributed by atoms with Gasteiger partial charge in [0.25, 0.3) is 5.91 Å². The fraction of sp³-hybridized carbons (Fsp3) is 0.472. The number of nitrogens with zero attached hydrogens (tertiary/aromatic N) is 3. The summed E-state index contributed by atoms with van der Waals surface area (Å²) in [6.07, 6.45) is 4.29. The standard InChI is InChI=1S/C36H44BrN3O5/c1-6-16-38(17-7-2)33(42)29-30-34(43)40(26(22-41)20-25-12-10-9-11-13-25)32(36(30)21-27(37)31(29)45-36)35(44)39(18-8-3)28-19-23(4)14-15-24(28)5/h6,8-15,19,26-27,29-32,41H,1,3,7,16-18,20-22H2,2,4-5H3/t26-,27?,29+,30+,31+,32?,36?/m1/s1. The summed E-state index contributed by atoms with van der Waals surface area (Å²) in [4.78, 5) is 48.9. The highest BCUT2D eigenvalue weighted by molar-refractivity contribution is 9.09. The molecular weight excluding hydrogens is 634 g/mol. The minimum Gasteiger partial charge on any atom is -0.394 e. The Morgan fingerprint density at radius 1 is 1.13 bits per heavy atom. The van der Waals surface area contributed by atoms with Crippen molar-refractivity contribution in [2.75, 3.05) is 31.1 Å². The molecule has 5 rings (SSSR count). The molecule has 2 bridgehead atoms. The van der Waals surface area contributed by atoms with Crippen molar-refractivity contribution in [2.24, 2.45) is 11.8 Å². The number of rotatable bonds is 13. The summed E-state index contributed by atoms with van der Waals surface area (Å²) >= 11 is 3.78. The topological polar surface area (TPSA) is 90.4 Å². The molecule has 3 amide bonds. The minimum atomic E-state index is -1.25. The molecule has 2 aromatic rings. The molecule has 240 valence electrons. The Morgan fingerprint density at radius 3 is 2.49 bits per heavy atom. The first-order chi connectivity index (χ1) is 21.6. The highest BCUT2D eigenvalue weighted by Gasteiger charge is 2.77. The van der Waals surface area contributed by atoms with Crippen molar-refractivity contribution in [3.63, 3.8) is 0 Å². The number of aliphatic hydroxyl groups excluding tert-OH is 1. The lowest BCUT2D eigenvalue weighted by Gasteiger charge is -2.40. The number of aliphatic hydroxyl groups is 1. The number of anilines is 1. The van der Waals surface area contributed by atoms with E-state index < -0.39 is 35.6 Å². The molecule has 3 fully saturated rings. The van der Waals surface area contributed by atoms with Crippen molar-refractivity contribution < 1.29 is 24.2 Å². The molecule has 9 heteroatoms. The summed E-state index contributed by atoms with van der Waals surface area (Å²) in [5, 5.41) is 10.8. The first-order valence-corrected chi connectivity index (χ1v) is 16.7. The van der Waals surface area contributed by atoms with Crippen LogP contribution in [0.25, 0.3) is 0 Å². The molecule has 7 atom stereocenters. The van der Waals surface area contributed by atoms with Gasteiger partial charge in [0.15, 0.2) is 0 Å². The molecular formula is C36H44BrN3O5. The maximum Gasteiger partial charge on any atom is 0.253 e. The number of alkyl halides is 1. The van der Waals surface area contributed by atoms with E-state index in [0.717, 1.165) is 28.8 Å². The Balaban J connectivity index is 1.65. The third-order valence-corrected chi connectivity index (χ3v) is 10.4. The van der Waals surface area contributed by atoms with Gasteiger partial charge in [-0.1, -0.05) is 77.5 Å². The van der Waals surface area contributed by atoms with E-state index in [1.54, 1.807) is 26.9 Å². The first kappa shape index (κ1) is 33.1. The van der Waals surface area contributed by atoms with Crippen molar-refractivity contribution in [3.8, 4) is 0 Å². The second-order valence-corrected chi connectivity index (χ2v) is 13.7. The highest BCUT2D eigenvalue weighted by Crippen LogP contribution is 2.61. The van der Waals surface area contributed by atoms with Crippen molar-refractivity contribution in [1.29, 1.82) is 0 Å². The third kappa shape index (κ3) is 5.79. The van der Waals surface area contributed by atoms with Crippen molar-refractivity contribution in [2.45, 2.75) is 68.6 Å². The van der Waals surface area contributed by atoms with E-state index in [2.05, 4.69) is 29.1 Å². The normalized spacial score (nSPS) is 27.3. The van der Waals surface area contributed by atoms with Crippen LogP contribution in [0.5, 0.6) is 0 Å². The van der Waals surface area contributed by atoms with Crippen LogP contribution in [0.2, 0.25) is 0 Å². The van der Waals surface area contributed by atoms with Crippen LogP contribution >= 0.6 is 15.9 Å². The molecule has 0 radical (unpaired) electrons. The Bertz CT molecular complexity index is 1450. The van der Waals surface area contributed by atoms with Crippen molar-refractivity contribution in [1.82, 2.24) is 9.80 Å². The lowest BCUT2D eigenvalue weighted by Crippen LogP contribution is -2.59. The molecule has 1 N–H and O–H groups in total. The minimum absolute atomic E-state index is 0.166. The third-order valence-electron chi connectivity index (χ3n) is 9.55. The molecule has 0 saturated carbocycles. The van der Waals surface area contributed by atoms with Gasteiger partial charge in [-0.05, 0) is 55.9 Å². The SMILES string of the molecule is C=CCN(CCC)C(=O)[C@H]1[C@H]2C(=O)N([C@@H](CO)Cc3ccccc3)C(C(=O)N(CC=C)c3cc(C)ccc3C)C23CC(Br)[C@@H]1O3. The monoisotopic (exact) mass is 677 g/mol. The zero-order valence-electron chi connectivity index (χ0n) is 26.4. The van der Waals surface area contributed by atoms with Crippen LogP contribution in [0.15, 0.2) is 73.8 Å². The van der Waals surface area contributed by atoms with Crippen LogP contribution in [0, 0.1) is 25.7 Å². The van der Waals surface area contributed by atoms with E-state index in [0.29, 0.717) is 25.9 Å². The summed E-state index contributed by atoms with van der Waals surface area (Å²) in [5.41, 5.74) is 2.31. The van der Waals surface area contributed by atoms with Crippen LogP contribution in [-0.4, -0.2) is 87.5 Å². The van der Waals surface area contributed by atoms with Gasteiger partial charge >= 0.3 is 0 Å². The molecule has 1 spiro atoms. The van der Waals surface area contributed by atoms with E-state index in [-0.39, 0.29) is 35.7 Å². The Hall–Kier alpha value is -3.27. The average Bonchev–Trinajstić information content (AvgIpc) is 3.63. The van der Waals surface area contributed by atoms with Gasteiger partial charge in [-0.25, -0.2) is 0 Å². The Morgan fingerprint density at radius 2 is 1.84 bits per heavy atom. The number of halogens is 1. The summed E-state index contributed by atoms with van der Waals surface area (Å²) in [5.74, 6) is -2.43. The van der Waals surface area contributed by atoms with E-state index >= 15 is 4.79 Å². The maximum absolute atomic E-state index is 15.1. The largest absolute Gasteiger partial charge is 0.394 e. The highest BCUT2D eigenvalue weighted by atomic mass is 79.9. The van der Waals surface area contributed by atoms with Crippen LogP contribution in [0.1, 0.15) is 36.5 Å². The van der Waals surface area contributed by atoms with Gasteiger partial charge in [0, 0.05) is 30.1 Å². The molecule has 3 unspecified atom stereocenters. The lowest BCUT2D eigenvalue weighted by atomic mass is 9.70. The Labute approximate surface area is 274 Å². The zero-order chi connectivity index (χ0) is 32.5. The van der Waals surface area contributed by atoms with Gasteiger partial charge in [0.05, 0.1) is 30.6 Å². The van der Waals surface area contributed by atoms with Crippen LogP contribution in [0.3, 0.4) is 0 Å². The van der Waals surface area contributed by atoms with Gasteiger partial charge in [-0.15, -0.1) is 13.2 Å². The molecule has 8 nitrogen and oxygen atoms in total. The number of benzene rings is 2. The lowest BCUT2D eigenvalue weighted by molar-refractivity contribution is -0.147. The average molecular weight is 679 g/mol. The zero-order valence-corrected chi connectivity index (χ0v) is 28.0. The number of carbonyl (C=O) groups excluding carboxylic acids is 3. The van der Waals surface area contributed by atoms with E-state index in [1.165, 1.54) is 0 Å². The second kappa shape index (κ2) is 13.6. The number of fused-ring (bicyclic) bond motifs is 1. The summed E-state index contributed by atoms with van der Waals surface area (Å²) < 4.78 is 6.80. The molecule has 2 aromatic carbocycles. The van der Waals surface area contributed by atoms with Gasteiger partial charge in [-0.2, -0.15) is 0 Å². The second-order valence-electron chi connectivity index (χ2n) is 12.5. The van der Waals surface area contributed by atoms with Gasteiger partial charge in [0.1, 0.15) is 11.6 Å². The molecule has 45 heavy (non-hydrogen) atoms. The van der Waals surface area contributed by atoms with Crippen molar-refractivity contribution >= 4 is 39.3 Å². The number of hydrogen-bond acceptors (Lipinski definition) is 5. The van der Waals surface area contributed by atoms with Crippen LogP contribution in [0.4, 0.5) is 5.69 Å². The molecule has 3 aliphatic rings. The first-order valence-electron chi connectivity index (χ1n) is 15.8. The van der Waals surface area contributed by atoms with Gasteiger partial charge < -0.3 is 24.5 Å². The van der Waals surface area contributed by atoms with E-state index in [4.69, 9.17) is 4.74 Å². The van der Waals surface area contributed by atoms with Crippen LogP contribution in [-0.2, 0) is 25.5 Å². The smallest absolute Gasteiger partial charge is 0.253 e. The fourth-order valence-electron chi connectivity index (χ4n) is 7.68. The predicted molar refractivity (Wildman–Crippen MR) is 179 cm³/mol. The Kier molecular flexibility index (Phi) is 10.0. The molecule has 3 saturated heterocycles. The quantitative estimate of drug-likeness (QED) is 0.247. The summed E-state index contributed by atoms with van der Waals surface area (Å²) in [6, 6.07) is 13.8. The number of likely N-dealkylation sites (tertiary alicyclic amines) is 1. The molecule has 3 aliphatic heterocycles.